The van der Waals surface area contributed by atoms with Crippen LogP contribution in [0.3, 0.4) is 0 Å². The zero-order valence-corrected chi connectivity index (χ0v) is 12.7. The van der Waals surface area contributed by atoms with Gasteiger partial charge in [-0.25, -0.2) is 4.79 Å². The molecule has 0 aliphatic rings. The lowest BCUT2D eigenvalue weighted by molar-refractivity contribution is 0.0515. The van der Waals surface area contributed by atoms with Gasteiger partial charge in [0.05, 0.1) is 12.3 Å². The van der Waals surface area contributed by atoms with Crippen molar-refractivity contribution in [2.45, 2.75) is 6.92 Å². The number of hydrogen-bond acceptors (Lipinski definition) is 5. The van der Waals surface area contributed by atoms with E-state index in [9.17, 15) is 9.59 Å². The molecule has 0 spiro atoms. The Bertz CT molecular complexity index is 1120. The first-order valence-electron chi connectivity index (χ1n) is 7.41. The van der Waals surface area contributed by atoms with E-state index < -0.39 is 11.5 Å². The number of carbonyl (C=O) groups excluding carboxylic acids is 1. The third kappa shape index (κ3) is 2.08. The number of aromatic amines is 2. The van der Waals surface area contributed by atoms with Crippen LogP contribution in [0.25, 0.3) is 27.8 Å². The second-order valence-electron chi connectivity index (χ2n) is 5.19. The lowest BCUT2D eigenvalue weighted by atomic mass is 10.1. The van der Waals surface area contributed by atoms with Gasteiger partial charge < -0.3 is 9.72 Å². The summed E-state index contributed by atoms with van der Waals surface area (Å²) in [5.74, 6) is -0.785. The summed E-state index contributed by atoms with van der Waals surface area (Å²) in [7, 11) is 0. The van der Waals surface area contributed by atoms with Crippen molar-refractivity contribution < 1.29 is 9.53 Å². The molecule has 0 aliphatic heterocycles. The molecule has 4 aromatic rings. The molecule has 2 N–H and O–H groups in total. The third-order valence-corrected chi connectivity index (χ3v) is 3.74. The molecule has 120 valence electrons. The van der Waals surface area contributed by atoms with Crippen LogP contribution in [0.2, 0.25) is 0 Å². The predicted octanol–water partition coefficient (Wildman–Crippen LogP) is 1.74. The van der Waals surface area contributed by atoms with E-state index in [4.69, 9.17) is 4.74 Å². The predicted molar refractivity (Wildman–Crippen MR) is 86.9 cm³/mol. The fourth-order valence-electron chi connectivity index (χ4n) is 2.64. The summed E-state index contributed by atoms with van der Waals surface area (Å²) in [4.78, 5) is 27.3. The molecular formula is C16H13N5O3. The molecule has 0 saturated heterocycles. The van der Waals surface area contributed by atoms with Gasteiger partial charge in [0, 0.05) is 28.7 Å². The lowest BCUT2D eigenvalue weighted by Gasteiger charge is -1.99. The van der Waals surface area contributed by atoms with Crippen LogP contribution in [0, 0.1) is 0 Å². The van der Waals surface area contributed by atoms with Gasteiger partial charge in [0.2, 0.25) is 5.69 Å². The fourth-order valence-corrected chi connectivity index (χ4v) is 2.64. The van der Waals surface area contributed by atoms with E-state index >= 15 is 0 Å². The minimum absolute atomic E-state index is 0.161. The molecule has 24 heavy (non-hydrogen) atoms. The van der Waals surface area contributed by atoms with Crippen LogP contribution in [-0.2, 0) is 4.74 Å². The zero-order valence-electron chi connectivity index (χ0n) is 12.7. The Morgan fingerprint density at radius 1 is 1.29 bits per heavy atom. The summed E-state index contributed by atoms with van der Waals surface area (Å²) < 4.78 is 6.01. The molecule has 0 radical (unpaired) electrons. The number of nitrogens with zero attached hydrogens (tertiary/aromatic N) is 3. The molecule has 8 heteroatoms. The molecule has 0 aliphatic carbocycles. The quantitative estimate of drug-likeness (QED) is 0.559. The number of carbonyl (C=O) groups is 1. The number of nitrogens with one attached hydrogen (secondary N) is 2. The monoisotopic (exact) mass is 323 g/mol. The highest BCUT2D eigenvalue weighted by atomic mass is 16.5. The van der Waals surface area contributed by atoms with Gasteiger partial charge >= 0.3 is 11.5 Å². The molecule has 8 nitrogen and oxygen atoms in total. The van der Waals surface area contributed by atoms with Gasteiger partial charge in [-0.3, -0.25) is 9.89 Å². The maximum atomic E-state index is 12.4. The van der Waals surface area contributed by atoms with E-state index in [1.165, 1.54) is 4.52 Å². The summed E-state index contributed by atoms with van der Waals surface area (Å²) >= 11 is 0. The van der Waals surface area contributed by atoms with Crippen molar-refractivity contribution in [2.24, 2.45) is 0 Å². The third-order valence-electron chi connectivity index (χ3n) is 3.74. The number of benzene rings is 1. The van der Waals surface area contributed by atoms with Crippen LogP contribution < -0.4 is 5.56 Å². The van der Waals surface area contributed by atoms with Gasteiger partial charge in [-0.1, -0.05) is 18.2 Å². The average Bonchev–Trinajstić information content (AvgIpc) is 3.19. The summed E-state index contributed by atoms with van der Waals surface area (Å²) in [6.07, 6.45) is 1.85. The van der Waals surface area contributed by atoms with Gasteiger partial charge in [-0.05, 0) is 13.0 Å². The Hall–Kier alpha value is -3.42. The summed E-state index contributed by atoms with van der Waals surface area (Å²) in [6.45, 7) is 1.82. The highest BCUT2D eigenvalue weighted by Gasteiger charge is 2.18. The zero-order chi connectivity index (χ0) is 16.7. The van der Waals surface area contributed by atoms with E-state index in [1.807, 2.05) is 30.5 Å². The Balaban J connectivity index is 1.89. The van der Waals surface area contributed by atoms with Gasteiger partial charge in [-0.15, -0.1) is 10.2 Å². The van der Waals surface area contributed by atoms with Crippen molar-refractivity contribution in [3.05, 3.63) is 52.6 Å². The number of para-hydroxylation sites is 1. The number of hydrogen-bond donors (Lipinski definition) is 2. The van der Waals surface area contributed by atoms with Crippen molar-refractivity contribution in [3.63, 3.8) is 0 Å². The molecule has 0 saturated carbocycles. The largest absolute Gasteiger partial charge is 0.461 e. The SMILES string of the molecule is CCOC(=O)c1nnc2cc(-c3c[nH]c4ccccc34)[nH]n2c1=O. The molecule has 0 unspecified atom stereocenters. The van der Waals surface area contributed by atoms with Crippen LogP contribution >= 0.6 is 0 Å². The molecule has 1 aromatic carbocycles. The molecule has 0 amide bonds. The topological polar surface area (TPSA) is 105 Å². The van der Waals surface area contributed by atoms with E-state index in [0.717, 1.165) is 16.5 Å². The number of aromatic nitrogens is 5. The smallest absolute Gasteiger partial charge is 0.364 e. The fraction of sp³-hybridized carbons (Fsp3) is 0.125. The second-order valence-corrected chi connectivity index (χ2v) is 5.19. The highest BCUT2D eigenvalue weighted by molar-refractivity contribution is 5.95. The molecule has 0 bridgehead atoms. The molecule has 0 fully saturated rings. The van der Waals surface area contributed by atoms with E-state index in [2.05, 4.69) is 20.3 Å². The number of rotatable bonds is 3. The van der Waals surface area contributed by atoms with Crippen LogP contribution in [0.4, 0.5) is 0 Å². The van der Waals surface area contributed by atoms with Gasteiger partial charge in [-0.2, -0.15) is 4.52 Å². The maximum Gasteiger partial charge on any atom is 0.364 e. The maximum absolute atomic E-state index is 12.4. The average molecular weight is 323 g/mol. The van der Waals surface area contributed by atoms with Gasteiger partial charge in [0.1, 0.15) is 0 Å². The Morgan fingerprint density at radius 3 is 2.96 bits per heavy atom. The van der Waals surface area contributed by atoms with Crippen molar-refractivity contribution in [1.82, 2.24) is 24.8 Å². The molecule has 0 atom stereocenters. The number of fused-ring (bicyclic) bond motifs is 2. The number of ether oxygens (including phenoxy) is 1. The molecular weight excluding hydrogens is 310 g/mol. The van der Waals surface area contributed by atoms with Crippen LogP contribution in [0.15, 0.2) is 41.3 Å². The Kier molecular flexibility index (Phi) is 3.16. The minimum Gasteiger partial charge on any atom is -0.461 e. The van der Waals surface area contributed by atoms with Gasteiger partial charge in [0.15, 0.2) is 5.65 Å². The number of esters is 1. The van der Waals surface area contributed by atoms with Crippen molar-refractivity contribution in [2.75, 3.05) is 6.61 Å². The Labute approximate surface area is 135 Å². The van der Waals surface area contributed by atoms with Gasteiger partial charge in [0.25, 0.3) is 0 Å². The van der Waals surface area contributed by atoms with Crippen LogP contribution in [0.1, 0.15) is 17.4 Å². The normalized spacial score (nSPS) is 11.2. The lowest BCUT2D eigenvalue weighted by Crippen LogP contribution is -2.26. The first-order valence-corrected chi connectivity index (χ1v) is 7.41. The van der Waals surface area contributed by atoms with E-state index in [-0.39, 0.29) is 12.3 Å². The number of H-pyrrole nitrogens is 2. The highest BCUT2D eigenvalue weighted by Crippen LogP contribution is 2.27. The standard InChI is InChI=1S/C16H13N5O3/c1-2-24-16(23)14-15(22)21-13(18-19-14)7-12(20-21)10-8-17-11-6-4-3-5-9(10)11/h3-8,17,20H,2H2,1H3. The first kappa shape index (κ1) is 14.2. The van der Waals surface area contributed by atoms with E-state index in [1.54, 1.807) is 13.0 Å². The van der Waals surface area contributed by atoms with Crippen molar-refractivity contribution >= 4 is 22.5 Å². The molecule has 3 aromatic heterocycles. The van der Waals surface area contributed by atoms with Crippen LogP contribution in [-0.4, -0.2) is 37.4 Å². The summed E-state index contributed by atoms with van der Waals surface area (Å²) in [5.41, 5.74) is 1.96. The Morgan fingerprint density at radius 2 is 2.12 bits per heavy atom. The van der Waals surface area contributed by atoms with Crippen molar-refractivity contribution in [3.8, 4) is 11.3 Å². The minimum atomic E-state index is -0.785. The van der Waals surface area contributed by atoms with Crippen molar-refractivity contribution in [1.29, 1.82) is 0 Å². The van der Waals surface area contributed by atoms with E-state index in [0.29, 0.717) is 11.3 Å². The molecule has 3 heterocycles. The summed E-state index contributed by atoms with van der Waals surface area (Å²) in [5, 5.41) is 11.6. The second kappa shape index (κ2) is 5.34. The summed E-state index contributed by atoms with van der Waals surface area (Å²) in [6, 6.07) is 9.53. The van der Waals surface area contributed by atoms with Crippen LogP contribution in [0.5, 0.6) is 0 Å². The first-order chi connectivity index (χ1) is 11.7. The molecule has 4 rings (SSSR count).